The summed E-state index contributed by atoms with van der Waals surface area (Å²) in [5.74, 6) is 1.69. The van der Waals surface area contributed by atoms with E-state index in [9.17, 15) is 10.2 Å². The molecular weight excluding hydrogens is 544 g/mol. The number of rotatable bonds is 12. The Morgan fingerprint density at radius 2 is 1.29 bits per heavy atom. The third-order valence-electron chi connectivity index (χ3n) is 8.56. The lowest BCUT2D eigenvalue weighted by Crippen LogP contribution is -2.33. The van der Waals surface area contributed by atoms with E-state index in [0.717, 1.165) is 61.8 Å². The second-order valence-corrected chi connectivity index (χ2v) is 12.5. The van der Waals surface area contributed by atoms with E-state index in [1.807, 2.05) is 54.6 Å². The Morgan fingerprint density at radius 3 is 1.88 bits per heavy atom. The summed E-state index contributed by atoms with van der Waals surface area (Å²) in [5, 5.41) is 22.5. The van der Waals surface area contributed by atoms with Gasteiger partial charge >= 0.3 is 0 Å². The van der Waals surface area contributed by atoms with Crippen molar-refractivity contribution >= 4 is 21.4 Å². The Labute approximate surface area is 253 Å². The minimum Gasteiger partial charge on any atom is -0.492 e. The SMILES string of the molecule is OCc1ccc2c(C(O)c3ccc(OCCN4CCCCC4)cc3)c(-c3ccc(OCCN4CCCC4)cc3)sc2c1. The van der Waals surface area contributed by atoms with Gasteiger partial charge in [-0.1, -0.05) is 30.7 Å². The molecule has 2 aliphatic rings. The molecule has 42 heavy (non-hydrogen) atoms. The summed E-state index contributed by atoms with van der Waals surface area (Å²) < 4.78 is 13.1. The van der Waals surface area contributed by atoms with Crippen molar-refractivity contribution < 1.29 is 19.7 Å². The molecule has 2 fully saturated rings. The molecule has 0 spiro atoms. The number of aliphatic hydroxyl groups is 2. The average Bonchev–Trinajstić information content (AvgIpc) is 3.70. The Hall–Kier alpha value is -2.94. The molecular formula is C35H42N2O4S. The van der Waals surface area contributed by atoms with Crippen LogP contribution >= 0.6 is 11.3 Å². The van der Waals surface area contributed by atoms with Crippen LogP contribution in [0.5, 0.6) is 11.5 Å². The maximum atomic E-state index is 11.7. The Kier molecular flexibility index (Phi) is 9.73. The van der Waals surface area contributed by atoms with Gasteiger partial charge in [0, 0.05) is 28.2 Å². The highest BCUT2D eigenvalue weighted by atomic mass is 32.1. The smallest absolute Gasteiger partial charge is 0.119 e. The fourth-order valence-electron chi connectivity index (χ4n) is 6.14. The van der Waals surface area contributed by atoms with Crippen molar-refractivity contribution in [3.63, 3.8) is 0 Å². The molecule has 1 unspecified atom stereocenters. The minimum absolute atomic E-state index is 0.0102. The van der Waals surface area contributed by atoms with Gasteiger partial charge < -0.3 is 19.7 Å². The van der Waals surface area contributed by atoms with E-state index in [1.165, 1.54) is 58.3 Å². The molecule has 0 radical (unpaired) electrons. The summed E-state index contributed by atoms with van der Waals surface area (Å²) in [6, 6.07) is 22.0. The van der Waals surface area contributed by atoms with Crippen molar-refractivity contribution in [3.8, 4) is 21.9 Å². The molecule has 2 N–H and O–H groups in total. The minimum atomic E-state index is -0.799. The molecule has 7 heteroatoms. The number of nitrogens with zero attached hydrogens (tertiary/aromatic N) is 2. The molecule has 6 rings (SSSR count). The highest BCUT2D eigenvalue weighted by Gasteiger charge is 2.23. The van der Waals surface area contributed by atoms with Crippen LogP contribution in [0.1, 0.15) is 54.9 Å². The van der Waals surface area contributed by atoms with E-state index < -0.39 is 6.10 Å². The zero-order chi connectivity index (χ0) is 28.7. The maximum Gasteiger partial charge on any atom is 0.119 e. The fraction of sp³-hybridized carbons (Fsp3) is 0.429. The molecule has 0 aliphatic carbocycles. The van der Waals surface area contributed by atoms with E-state index >= 15 is 0 Å². The summed E-state index contributed by atoms with van der Waals surface area (Å²) in [5.41, 5.74) is 3.62. The zero-order valence-corrected chi connectivity index (χ0v) is 25.2. The quantitative estimate of drug-likeness (QED) is 0.198. The fourth-order valence-corrected chi connectivity index (χ4v) is 7.44. The number of benzene rings is 3. The normalized spacial score (nSPS) is 17.1. The van der Waals surface area contributed by atoms with Crippen molar-refractivity contribution in [1.29, 1.82) is 0 Å². The maximum absolute atomic E-state index is 11.7. The molecule has 0 amide bonds. The zero-order valence-electron chi connectivity index (χ0n) is 24.3. The monoisotopic (exact) mass is 586 g/mol. The highest BCUT2D eigenvalue weighted by Crippen LogP contribution is 2.44. The Bertz CT molecular complexity index is 1420. The standard InChI is InChI=1S/C35H42N2O4S/c38-25-26-6-15-31-32(24-26)42-35(28-9-13-30(14-10-28)41-23-21-37-18-4-5-19-37)33(31)34(39)27-7-11-29(12-8-27)40-22-20-36-16-2-1-3-17-36/h6-15,24,34,38-39H,1-5,16-23,25H2. The predicted octanol–water partition coefficient (Wildman–Crippen LogP) is 6.48. The van der Waals surface area contributed by atoms with E-state index in [1.54, 1.807) is 11.3 Å². The lowest BCUT2D eigenvalue weighted by Gasteiger charge is -2.26. The number of likely N-dealkylation sites (tertiary alicyclic amines) is 2. The highest BCUT2D eigenvalue weighted by molar-refractivity contribution is 7.22. The Balaban J connectivity index is 1.19. The topological polar surface area (TPSA) is 65.4 Å². The van der Waals surface area contributed by atoms with Gasteiger partial charge in [0.15, 0.2) is 0 Å². The van der Waals surface area contributed by atoms with Crippen LogP contribution in [0.4, 0.5) is 0 Å². The molecule has 3 aromatic carbocycles. The van der Waals surface area contributed by atoms with Gasteiger partial charge in [0.2, 0.25) is 0 Å². The van der Waals surface area contributed by atoms with Crippen LogP contribution in [0.15, 0.2) is 66.7 Å². The lowest BCUT2D eigenvalue weighted by atomic mass is 9.95. The molecule has 222 valence electrons. The third-order valence-corrected chi connectivity index (χ3v) is 9.78. The molecule has 1 atom stereocenters. The predicted molar refractivity (Wildman–Crippen MR) is 171 cm³/mol. The van der Waals surface area contributed by atoms with Crippen LogP contribution in [0.3, 0.4) is 0 Å². The van der Waals surface area contributed by atoms with Gasteiger partial charge in [0.05, 0.1) is 6.61 Å². The first-order valence-electron chi connectivity index (χ1n) is 15.4. The van der Waals surface area contributed by atoms with Gasteiger partial charge in [-0.2, -0.15) is 0 Å². The van der Waals surface area contributed by atoms with Crippen LogP contribution < -0.4 is 9.47 Å². The van der Waals surface area contributed by atoms with Crippen molar-refractivity contribution in [3.05, 3.63) is 83.4 Å². The van der Waals surface area contributed by atoms with Crippen LogP contribution in [0.25, 0.3) is 20.5 Å². The Morgan fingerprint density at radius 1 is 0.714 bits per heavy atom. The van der Waals surface area contributed by atoms with E-state index in [-0.39, 0.29) is 6.61 Å². The van der Waals surface area contributed by atoms with E-state index in [4.69, 9.17) is 9.47 Å². The number of ether oxygens (including phenoxy) is 2. The third kappa shape index (κ3) is 6.99. The molecule has 2 saturated heterocycles. The lowest BCUT2D eigenvalue weighted by molar-refractivity contribution is 0.183. The first kappa shape index (κ1) is 29.1. The van der Waals surface area contributed by atoms with Crippen LogP contribution in [0.2, 0.25) is 0 Å². The molecule has 1 aromatic heterocycles. The van der Waals surface area contributed by atoms with Crippen LogP contribution in [-0.4, -0.2) is 72.5 Å². The number of aliphatic hydroxyl groups excluding tert-OH is 2. The summed E-state index contributed by atoms with van der Waals surface area (Å²) >= 11 is 1.65. The first-order chi connectivity index (χ1) is 20.7. The molecule has 0 saturated carbocycles. The number of fused-ring (bicyclic) bond motifs is 1. The van der Waals surface area contributed by atoms with Gasteiger partial charge in [-0.15, -0.1) is 11.3 Å². The van der Waals surface area contributed by atoms with E-state index in [0.29, 0.717) is 13.2 Å². The molecule has 0 bridgehead atoms. The average molecular weight is 587 g/mol. The number of piperidine rings is 1. The summed E-state index contributed by atoms with van der Waals surface area (Å²) in [6.45, 7) is 7.94. The van der Waals surface area contributed by atoms with Crippen LogP contribution in [-0.2, 0) is 6.61 Å². The molecule has 2 aliphatic heterocycles. The first-order valence-corrected chi connectivity index (χ1v) is 16.2. The largest absolute Gasteiger partial charge is 0.492 e. The van der Waals surface area contributed by atoms with Crippen molar-refractivity contribution in [2.45, 2.75) is 44.8 Å². The second-order valence-electron chi connectivity index (χ2n) is 11.5. The van der Waals surface area contributed by atoms with Crippen molar-refractivity contribution in [1.82, 2.24) is 9.80 Å². The van der Waals surface area contributed by atoms with E-state index in [2.05, 4.69) is 21.9 Å². The number of thiophene rings is 1. The van der Waals surface area contributed by atoms with Crippen molar-refractivity contribution in [2.75, 3.05) is 52.5 Å². The van der Waals surface area contributed by atoms with Gasteiger partial charge in [-0.25, -0.2) is 0 Å². The summed E-state index contributed by atoms with van der Waals surface area (Å²) in [4.78, 5) is 5.95. The van der Waals surface area contributed by atoms with Gasteiger partial charge in [0.1, 0.15) is 30.8 Å². The second kappa shape index (κ2) is 14.0. The summed E-state index contributed by atoms with van der Waals surface area (Å²) in [6.07, 6.45) is 5.67. The van der Waals surface area contributed by atoms with Crippen molar-refractivity contribution in [2.24, 2.45) is 0 Å². The molecule has 4 aromatic rings. The summed E-state index contributed by atoms with van der Waals surface area (Å²) in [7, 11) is 0. The van der Waals surface area contributed by atoms with Gasteiger partial charge in [-0.3, -0.25) is 9.80 Å². The van der Waals surface area contributed by atoms with Gasteiger partial charge in [-0.05, 0) is 116 Å². The molecule has 6 nitrogen and oxygen atoms in total. The van der Waals surface area contributed by atoms with Gasteiger partial charge in [0.25, 0.3) is 0 Å². The molecule has 3 heterocycles. The number of hydrogen-bond acceptors (Lipinski definition) is 7. The van der Waals surface area contributed by atoms with Crippen LogP contribution in [0, 0.1) is 0 Å². The number of hydrogen-bond donors (Lipinski definition) is 2.